The first kappa shape index (κ1) is 13.0. The Balaban J connectivity index is 0.000000500. The van der Waals surface area contributed by atoms with Gasteiger partial charge in [0.15, 0.2) is 0 Å². The van der Waals surface area contributed by atoms with Crippen LogP contribution in [0.3, 0.4) is 0 Å². The molecule has 0 aliphatic rings. The highest BCUT2D eigenvalue weighted by molar-refractivity contribution is 5.51. The van der Waals surface area contributed by atoms with E-state index in [2.05, 4.69) is 63.9 Å². The van der Waals surface area contributed by atoms with E-state index in [-0.39, 0.29) is 0 Å². The molecule has 0 N–H and O–H groups in total. The molecule has 0 unspecified atom stereocenters. The number of nitrogens with zero attached hydrogens (tertiary/aromatic N) is 1. The number of para-hydroxylation sites is 1. The highest BCUT2D eigenvalue weighted by atomic mass is 15.1. The normalized spacial score (nSPS) is 8.93. The van der Waals surface area contributed by atoms with Gasteiger partial charge >= 0.3 is 0 Å². The maximum absolute atomic E-state index is 2.25. The van der Waals surface area contributed by atoms with Gasteiger partial charge in [-0.05, 0) is 25.5 Å². The van der Waals surface area contributed by atoms with E-state index in [0.29, 0.717) is 0 Å². The summed E-state index contributed by atoms with van der Waals surface area (Å²) >= 11 is 0. The van der Waals surface area contributed by atoms with Crippen LogP contribution >= 0.6 is 0 Å². The number of anilines is 1. The minimum Gasteiger partial charge on any atom is -0.375 e. The van der Waals surface area contributed by atoms with Crippen molar-refractivity contribution in [2.24, 2.45) is 0 Å². The lowest BCUT2D eigenvalue weighted by atomic mass is 10.2. The summed E-state index contributed by atoms with van der Waals surface area (Å²) < 4.78 is 0. The van der Waals surface area contributed by atoms with Gasteiger partial charge in [-0.25, -0.2) is 0 Å². The standard InChI is InChI=1S/C10H15N.C3H8/c1-4-11(3)10-8-6-5-7-9(10)2;1-3-2/h5-8H,4H2,1-3H3;3H2,1-2H3. The van der Waals surface area contributed by atoms with Gasteiger partial charge in [0.2, 0.25) is 0 Å². The van der Waals surface area contributed by atoms with Crippen LogP contribution in [0.5, 0.6) is 0 Å². The average Bonchev–Trinajstić information content (AvgIpc) is 2.19. The Labute approximate surface area is 88.8 Å². The van der Waals surface area contributed by atoms with Crippen LogP contribution < -0.4 is 4.90 Å². The van der Waals surface area contributed by atoms with Crippen molar-refractivity contribution in [3.63, 3.8) is 0 Å². The number of hydrogen-bond donors (Lipinski definition) is 0. The first-order valence-electron chi connectivity index (χ1n) is 5.44. The fourth-order valence-electron chi connectivity index (χ4n) is 1.16. The van der Waals surface area contributed by atoms with E-state index in [1.54, 1.807) is 0 Å². The van der Waals surface area contributed by atoms with E-state index in [9.17, 15) is 0 Å². The van der Waals surface area contributed by atoms with Crippen molar-refractivity contribution in [3.8, 4) is 0 Å². The first-order valence-corrected chi connectivity index (χ1v) is 5.44. The van der Waals surface area contributed by atoms with Gasteiger partial charge in [-0.3, -0.25) is 0 Å². The molecule has 80 valence electrons. The van der Waals surface area contributed by atoms with Crippen LogP contribution in [-0.2, 0) is 0 Å². The molecule has 1 rings (SSSR count). The average molecular weight is 193 g/mol. The molecule has 1 heteroatoms. The van der Waals surface area contributed by atoms with Crippen molar-refractivity contribution in [3.05, 3.63) is 29.8 Å². The summed E-state index contributed by atoms with van der Waals surface area (Å²) in [6.07, 6.45) is 1.25. The lowest BCUT2D eigenvalue weighted by Crippen LogP contribution is -2.16. The maximum Gasteiger partial charge on any atom is 0.0393 e. The van der Waals surface area contributed by atoms with Gasteiger partial charge < -0.3 is 4.90 Å². The predicted molar refractivity (Wildman–Crippen MR) is 66.1 cm³/mol. The molecule has 14 heavy (non-hydrogen) atoms. The molecule has 1 nitrogen and oxygen atoms in total. The van der Waals surface area contributed by atoms with E-state index in [4.69, 9.17) is 0 Å². The smallest absolute Gasteiger partial charge is 0.0393 e. The van der Waals surface area contributed by atoms with Gasteiger partial charge in [0.25, 0.3) is 0 Å². The van der Waals surface area contributed by atoms with E-state index >= 15 is 0 Å². The molecule has 0 aromatic heterocycles. The largest absolute Gasteiger partial charge is 0.375 e. The van der Waals surface area contributed by atoms with Crippen molar-refractivity contribution < 1.29 is 0 Å². The van der Waals surface area contributed by atoms with Crippen LogP contribution in [0, 0.1) is 6.92 Å². The van der Waals surface area contributed by atoms with Crippen molar-refractivity contribution in [1.82, 2.24) is 0 Å². The first-order chi connectivity index (χ1) is 6.67. The minimum absolute atomic E-state index is 1.06. The molecule has 0 aliphatic heterocycles. The Hall–Kier alpha value is -0.980. The zero-order valence-electron chi connectivity index (χ0n) is 10.2. The van der Waals surface area contributed by atoms with E-state index in [0.717, 1.165) is 6.54 Å². The van der Waals surface area contributed by atoms with Crippen LogP contribution in [0.25, 0.3) is 0 Å². The molecule has 0 aliphatic carbocycles. The maximum atomic E-state index is 2.25. The molecule has 0 spiro atoms. The van der Waals surface area contributed by atoms with Crippen LogP contribution in [0.2, 0.25) is 0 Å². The Bertz CT molecular complexity index is 243. The lowest BCUT2D eigenvalue weighted by molar-refractivity contribution is 0.961. The van der Waals surface area contributed by atoms with Gasteiger partial charge in [-0.2, -0.15) is 0 Å². The fourth-order valence-corrected chi connectivity index (χ4v) is 1.16. The van der Waals surface area contributed by atoms with Crippen LogP contribution in [-0.4, -0.2) is 13.6 Å². The Morgan fingerprint density at radius 2 is 1.57 bits per heavy atom. The highest BCUT2D eigenvalue weighted by Crippen LogP contribution is 2.16. The summed E-state index contributed by atoms with van der Waals surface area (Å²) in [5, 5.41) is 0. The highest BCUT2D eigenvalue weighted by Gasteiger charge is 1.98. The third-order valence-electron chi connectivity index (χ3n) is 2.00. The van der Waals surface area contributed by atoms with Gasteiger partial charge in [-0.15, -0.1) is 0 Å². The molecule has 0 radical (unpaired) electrons. The number of hydrogen-bond acceptors (Lipinski definition) is 1. The topological polar surface area (TPSA) is 3.24 Å². The summed E-state index contributed by atoms with van der Waals surface area (Å²) in [6.45, 7) is 9.61. The predicted octanol–water partition coefficient (Wildman–Crippen LogP) is 3.87. The zero-order valence-corrected chi connectivity index (χ0v) is 10.2. The quantitative estimate of drug-likeness (QED) is 0.689. The van der Waals surface area contributed by atoms with Gasteiger partial charge in [0.1, 0.15) is 0 Å². The Morgan fingerprint density at radius 3 is 2.00 bits per heavy atom. The third kappa shape index (κ3) is 4.31. The summed E-state index contributed by atoms with van der Waals surface area (Å²) in [5.41, 5.74) is 2.67. The minimum atomic E-state index is 1.06. The Kier molecular flexibility index (Phi) is 6.91. The van der Waals surface area contributed by atoms with Crippen molar-refractivity contribution >= 4 is 5.69 Å². The van der Waals surface area contributed by atoms with Crippen molar-refractivity contribution in [2.75, 3.05) is 18.5 Å². The van der Waals surface area contributed by atoms with Crippen molar-refractivity contribution in [1.29, 1.82) is 0 Å². The van der Waals surface area contributed by atoms with Crippen LogP contribution in [0.4, 0.5) is 5.69 Å². The molecule has 0 heterocycles. The van der Waals surface area contributed by atoms with E-state index < -0.39 is 0 Å². The molecule has 1 aromatic rings. The monoisotopic (exact) mass is 193 g/mol. The zero-order chi connectivity index (χ0) is 11.0. The molecule has 0 saturated heterocycles. The van der Waals surface area contributed by atoms with Gasteiger partial charge in [0.05, 0.1) is 0 Å². The molecule has 0 fully saturated rings. The van der Waals surface area contributed by atoms with Crippen molar-refractivity contribution in [2.45, 2.75) is 34.1 Å². The SMILES string of the molecule is CCC.CCN(C)c1ccccc1C. The molecule has 0 bridgehead atoms. The Morgan fingerprint density at radius 1 is 1.07 bits per heavy atom. The number of aryl methyl sites for hydroxylation is 1. The lowest BCUT2D eigenvalue weighted by Gasteiger charge is -2.18. The molecule has 0 atom stereocenters. The summed E-state index contributed by atoms with van der Waals surface area (Å²) in [5.74, 6) is 0. The molecule has 1 aromatic carbocycles. The second kappa shape index (κ2) is 7.43. The van der Waals surface area contributed by atoms with Crippen LogP contribution in [0.15, 0.2) is 24.3 Å². The number of rotatable bonds is 2. The van der Waals surface area contributed by atoms with Gasteiger partial charge in [-0.1, -0.05) is 38.5 Å². The molecule has 0 saturated carbocycles. The third-order valence-corrected chi connectivity index (χ3v) is 2.00. The van der Waals surface area contributed by atoms with E-state index in [1.165, 1.54) is 17.7 Å². The molecular formula is C13H23N. The fraction of sp³-hybridized carbons (Fsp3) is 0.538. The summed E-state index contributed by atoms with van der Waals surface area (Å²) in [6, 6.07) is 8.44. The second-order valence-corrected chi connectivity index (χ2v) is 3.51. The van der Waals surface area contributed by atoms with Crippen LogP contribution in [0.1, 0.15) is 32.8 Å². The molecule has 0 amide bonds. The molecular weight excluding hydrogens is 170 g/mol. The second-order valence-electron chi connectivity index (χ2n) is 3.51. The van der Waals surface area contributed by atoms with Gasteiger partial charge in [0, 0.05) is 19.3 Å². The summed E-state index contributed by atoms with van der Waals surface area (Å²) in [4.78, 5) is 2.25. The van der Waals surface area contributed by atoms with E-state index in [1.807, 2.05) is 0 Å². The summed E-state index contributed by atoms with van der Waals surface area (Å²) in [7, 11) is 2.11. The number of benzene rings is 1.